The van der Waals surface area contributed by atoms with Crippen LogP contribution in [-0.4, -0.2) is 6.29 Å². The second kappa shape index (κ2) is 5.16. The Morgan fingerprint density at radius 2 is 2.15 bits per heavy atom. The minimum Gasteiger partial charge on any atom is -0.303 e. The zero-order valence-corrected chi connectivity index (χ0v) is 7.49. The van der Waals surface area contributed by atoms with Crippen molar-refractivity contribution < 1.29 is 4.79 Å². The Balaban J connectivity index is 2.65. The van der Waals surface area contributed by atoms with E-state index in [4.69, 9.17) is 6.42 Å². The van der Waals surface area contributed by atoms with Gasteiger partial charge >= 0.3 is 0 Å². The van der Waals surface area contributed by atoms with E-state index in [1.165, 1.54) is 0 Å². The van der Waals surface area contributed by atoms with Crippen LogP contribution < -0.4 is 0 Å². The molecule has 0 aromatic heterocycles. The van der Waals surface area contributed by atoms with E-state index in [1.807, 2.05) is 24.3 Å². The number of benzene rings is 1. The molecule has 0 heterocycles. The van der Waals surface area contributed by atoms with Gasteiger partial charge in [0, 0.05) is 12.0 Å². The van der Waals surface area contributed by atoms with Crippen LogP contribution in [0.2, 0.25) is 0 Å². The van der Waals surface area contributed by atoms with Crippen molar-refractivity contribution in [2.75, 3.05) is 0 Å². The number of carbonyl (C=O) groups is 1. The number of terminal acetylenes is 1. The molecule has 0 bridgehead atoms. The zero-order valence-electron chi connectivity index (χ0n) is 7.49. The van der Waals surface area contributed by atoms with Crippen LogP contribution in [0.15, 0.2) is 24.3 Å². The molecule has 0 aliphatic heterocycles. The van der Waals surface area contributed by atoms with Gasteiger partial charge in [-0.15, -0.1) is 6.42 Å². The van der Waals surface area contributed by atoms with Gasteiger partial charge in [0.15, 0.2) is 0 Å². The molecule has 0 spiro atoms. The summed E-state index contributed by atoms with van der Waals surface area (Å²) in [4.78, 5) is 10.1. The Morgan fingerprint density at radius 1 is 1.38 bits per heavy atom. The molecule has 1 rings (SSSR count). The molecule has 1 nitrogen and oxygen atoms in total. The molecule has 0 unspecified atom stereocenters. The number of hydrogen-bond acceptors (Lipinski definition) is 1. The van der Waals surface area contributed by atoms with Crippen LogP contribution in [-0.2, 0) is 11.2 Å². The summed E-state index contributed by atoms with van der Waals surface area (Å²) >= 11 is 0. The van der Waals surface area contributed by atoms with E-state index in [0.717, 1.165) is 30.3 Å². The molecule has 1 heteroatoms. The van der Waals surface area contributed by atoms with Crippen molar-refractivity contribution >= 4 is 6.29 Å². The number of carbonyl (C=O) groups excluding carboxylic acids is 1. The summed E-state index contributed by atoms with van der Waals surface area (Å²) in [6.45, 7) is 0. The molecule has 1 aromatic rings. The maximum atomic E-state index is 10.1. The Hall–Kier alpha value is -1.55. The largest absolute Gasteiger partial charge is 0.303 e. The summed E-state index contributed by atoms with van der Waals surface area (Å²) in [5.41, 5.74) is 2.10. The quantitative estimate of drug-likeness (QED) is 0.386. The van der Waals surface area contributed by atoms with Crippen LogP contribution in [0.25, 0.3) is 0 Å². The number of rotatable bonds is 4. The van der Waals surface area contributed by atoms with Gasteiger partial charge in [0.1, 0.15) is 6.29 Å². The van der Waals surface area contributed by atoms with E-state index in [1.54, 1.807) is 0 Å². The van der Waals surface area contributed by atoms with Crippen molar-refractivity contribution in [3.8, 4) is 12.3 Å². The maximum absolute atomic E-state index is 10.1. The van der Waals surface area contributed by atoms with Crippen LogP contribution in [0.5, 0.6) is 0 Å². The van der Waals surface area contributed by atoms with E-state index in [-0.39, 0.29) is 0 Å². The molecule has 0 saturated heterocycles. The third-order valence-corrected chi connectivity index (χ3v) is 1.94. The van der Waals surface area contributed by atoms with Crippen molar-refractivity contribution in [3.63, 3.8) is 0 Å². The summed E-state index contributed by atoms with van der Waals surface area (Å²) in [6.07, 6.45) is 8.65. The van der Waals surface area contributed by atoms with Crippen LogP contribution in [0.3, 0.4) is 0 Å². The highest BCUT2D eigenvalue weighted by Gasteiger charge is 1.97. The summed E-state index contributed by atoms with van der Waals surface area (Å²) in [5, 5.41) is 0. The van der Waals surface area contributed by atoms with Crippen LogP contribution in [0.4, 0.5) is 0 Å². The highest BCUT2D eigenvalue weighted by molar-refractivity contribution is 5.49. The average Bonchev–Trinajstić information content (AvgIpc) is 2.19. The average molecular weight is 172 g/mol. The standard InChI is InChI=1S/C12H12O/c1-2-11-7-3-4-8-12(11)9-5-6-10-13/h1,3-4,7-8,10H,5-6,9H2. The summed E-state index contributed by atoms with van der Waals surface area (Å²) < 4.78 is 0. The fraction of sp³-hybridized carbons (Fsp3) is 0.250. The lowest BCUT2D eigenvalue weighted by molar-refractivity contribution is -0.107. The van der Waals surface area contributed by atoms with Gasteiger partial charge in [-0.25, -0.2) is 0 Å². The fourth-order valence-corrected chi connectivity index (χ4v) is 1.25. The van der Waals surface area contributed by atoms with E-state index >= 15 is 0 Å². The molecule has 0 aliphatic rings. The number of aryl methyl sites for hydroxylation is 1. The van der Waals surface area contributed by atoms with Crippen LogP contribution in [0, 0.1) is 12.3 Å². The predicted molar refractivity (Wildman–Crippen MR) is 53.4 cm³/mol. The van der Waals surface area contributed by atoms with E-state index in [2.05, 4.69) is 5.92 Å². The first-order valence-corrected chi connectivity index (χ1v) is 4.36. The Kier molecular flexibility index (Phi) is 3.78. The molecular formula is C12H12O. The monoisotopic (exact) mass is 172 g/mol. The van der Waals surface area contributed by atoms with Gasteiger partial charge < -0.3 is 4.79 Å². The number of unbranched alkanes of at least 4 members (excludes halogenated alkanes) is 1. The molecular weight excluding hydrogens is 160 g/mol. The minimum atomic E-state index is 0.610. The number of hydrogen-bond donors (Lipinski definition) is 0. The lowest BCUT2D eigenvalue weighted by Gasteiger charge is -2.01. The van der Waals surface area contributed by atoms with E-state index < -0.39 is 0 Å². The van der Waals surface area contributed by atoms with Crippen molar-refractivity contribution in [1.29, 1.82) is 0 Å². The van der Waals surface area contributed by atoms with Gasteiger partial charge in [-0.1, -0.05) is 24.1 Å². The third-order valence-electron chi connectivity index (χ3n) is 1.94. The van der Waals surface area contributed by atoms with Gasteiger partial charge in [0.25, 0.3) is 0 Å². The lowest BCUT2D eigenvalue weighted by atomic mass is 10.0. The van der Waals surface area contributed by atoms with E-state index in [9.17, 15) is 4.79 Å². The minimum absolute atomic E-state index is 0.610. The van der Waals surface area contributed by atoms with Gasteiger partial charge in [0.05, 0.1) is 0 Å². The van der Waals surface area contributed by atoms with Crippen molar-refractivity contribution in [2.24, 2.45) is 0 Å². The highest BCUT2D eigenvalue weighted by Crippen LogP contribution is 2.10. The SMILES string of the molecule is C#Cc1ccccc1CCCC=O. The van der Waals surface area contributed by atoms with Crippen molar-refractivity contribution in [3.05, 3.63) is 35.4 Å². The molecule has 0 atom stereocenters. The Bertz CT molecular complexity index is 320. The van der Waals surface area contributed by atoms with Crippen molar-refractivity contribution in [2.45, 2.75) is 19.3 Å². The second-order valence-electron chi connectivity index (χ2n) is 2.86. The smallest absolute Gasteiger partial charge is 0.120 e. The first kappa shape index (κ1) is 9.54. The van der Waals surface area contributed by atoms with Crippen molar-refractivity contribution in [1.82, 2.24) is 0 Å². The maximum Gasteiger partial charge on any atom is 0.120 e. The molecule has 0 aliphatic carbocycles. The highest BCUT2D eigenvalue weighted by atomic mass is 16.1. The Labute approximate surface area is 78.8 Å². The molecule has 13 heavy (non-hydrogen) atoms. The fourth-order valence-electron chi connectivity index (χ4n) is 1.25. The summed E-state index contributed by atoms with van der Waals surface area (Å²) in [6, 6.07) is 7.84. The first-order chi connectivity index (χ1) is 6.38. The van der Waals surface area contributed by atoms with Gasteiger partial charge in [-0.3, -0.25) is 0 Å². The summed E-state index contributed by atoms with van der Waals surface area (Å²) in [5.74, 6) is 2.63. The van der Waals surface area contributed by atoms with Crippen LogP contribution in [0.1, 0.15) is 24.0 Å². The molecule has 66 valence electrons. The second-order valence-corrected chi connectivity index (χ2v) is 2.86. The predicted octanol–water partition coefficient (Wildman–Crippen LogP) is 2.19. The molecule has 0 N–H and O–H groups in total. The molecule has 0 saturated carbocycles. The molecule has 0 fully saturated rings. The number of aldehydes is 1. The Morgan fingerprint density at radius 3 is 2.85 bits per heavy atom. The molecule has 1 aromatic carbocycles. The van der Waals surface area contributed by atoms with Gasteiger partial charge in [-0.2, -0.15) is 0 Å². The lowest BCUT2D eigenvalue weighted by Crippen LogP contribution is -1.90. The molecule has 0 radical (unpaired) electrons. The topological polar surface area (TPSA) is 17.1 Å². The van der Waals surface area contributed by atoms with Crippen LogP contribution >= 0.6 is 0 Å². The molecule has 0 amide bonds. The van der Waals surface area contributed by atoms with Gasteiger partial charge in [0.2, 0.25) is 0 Å². The normalized spacial score (nSPS) is 9.15. The first-order valence-electron chi connectivity index (χ1n) is 4.36. The third kappa shape index (κ3) is 2.76. The van der Waals surface area contributed by atoms with Gasteiger partial charge in [-0.05, 0) is 24.5 Å². The zero-order chi connectivity index (χ0) is 9.52. The summed E-state index contributed by atoms with van der Waals surface area (Å²) in [7, 11) is 0. The van der Waals surface area contributed by atoms with E-state index in [0.29, 0.717) is 6.42 Å².